The molecule has 1 fully saturated rings. The number of rotatable bonds is 5. The molecule has 0 radical (unpaired) electrons. The molecule has 24 heavy (non-hydrogen) atoms. The number of carbonyl (C=O) groups excluding carboxylic acids is 2. The van der Waals surface area contributed by atoms with E-state index in [1.54, 1.807) is 0 Å². The van der Waals surface area contributed by atoms with Gasteiger partial charge in [-0.25, -0.2) is 4.98 Å². The quantitative estimate of drug-likeness (QED) is 0.830. The highest BCUT2D eigenvalue weighted by Gasteiger charge is 2.26. The predicted octanol–water partition coefficient (Wildman–Crippen LogP) is 2.48. The lowest BCUT2D eigenvalue weighted by Crippen LogP contribution is -2.38. The number of carbonyl (C=O) groups is 2. The molecule has 0 spiro atoms. The summed E-state index contributed by atoms with van der Waals surface area (Å²) >= 11 is 0. The molecule has 0 bridgehead atoms. The van der Waals surface area contributed by atoms with Gasteiger partial charge in [0.2, 0.25) is 11.8 Å². The average Bonchev–Trinajstić information content (AvgIpc) is 3.00. The fourth-order valence-corrected chi connectivity index (χ4v) is 3.36. The smallest absolute Gasteiger partial charge is 0.223 e. The van der Waals surface area contributed by atoms with Crippen molar-refractivity contribution in [1.82, 2.24) is 14.8 Å². The Morgan fingerprint density at radius 2 is 2.08 bits per heavy atom. The molecule has 3 rings (SSSR count). The molecule has 6 nitrogen and oxygen atoms in total. The lowest BCUT2D eigenvalue weighted by atomic mass is 10.1. The Labute approximate surface area is 143 Å². The fraction of sp³-hybridized carbons (Fsp3) is 0.722. The molecule has 0 aromatic carbocycles. The summed E-state index contributed by atoms with van der Waals surface area (Å²) in [6.45, 7) is 6.90. The summed E-state index contributed by atoms with van der Waals surface area (Å²) in [6, 6.07) is 0. The van der Waals surface area contributed by atoms with Crippen molar-refractivity contribution in [2.45, 2.75) is 64.8 Å². The van der Waals surface area contributed by atoms with Gasteiger partial charge in [0.15, 0.2) is 5.89 Å². The molecule has 0 N–H and O–H groups in total. The molecule has 0 atom stereocenters. The number of aromatic nitrogens is 1. The van der Waals surface area contributed by atoms with Crippen LogP contribution in [0.25, 0.3) is 0 Å². The van der Waals surface area contributed by atoms with Crippen molar-refractivity contribution in [2.75, 3.05) is 19.6 Å². The van der Waals surface area contributed by atoms with Crippen molar-refractivity contribution in [1.29, 1.82) is 0 Å². The van der Waals surface area contributed by atoms with Crippen LogP contribution in [-0.2, 0) is 22.6 Å². The molecular weight excluding hydrogens is 306 g/mol. The van der Waals surface area contributed by atoms with Crippen LogP contribution in [0, 0.1) is 0 Å². The molecule has 0 aliphatic carbocycles. The summed E-state index contributed by atoms with van der Waals surface area (Å²) in [4.78, 5) is 32.5. The minimum absolute atomic E-state index is 0.152. The van der Waals surface area contributed by atoms with Crippen molar-refractivity contribution < 1.29 is 14.0 Å². The maximum Gasteiger partial charge on any atom is 0.223 e. The van der Waals surface area contributed by atoms with Crippen molar-refractivity contribution in [3.63, 3.8) is 0 Å². The normalized spacial score (nSPS) is 18.2. The third kappa shape index (κ3) is 3.79. The van der Waals surface area contributed by atoms with Crippen LogP contribution in [0.2, 0.25) is 0 Å². The first-order chi connectivity index (χ1) is 11.5. The molecule has 1 aromatic rings. The Morgan fingerprint density at radius 3 is 2.83 bits per heavy atom. The van der Waals surface area contributed by atoms with Gasteiger partial charge < -0.3 is 14.2 Å². The van der Waals surface area contributed by atoms with Crippen molar-refractivity contribution in [3.8, 4) is 0 Å². The number of hydrogen-bond acceptors (Lipinski definition) is 4. The number of likely N-dealkylation sites (tertiary alicyclic amines) is 1. The second-order valence-electron chi connectivity index (χ2n) is 7.08. The summed E-state index contributed by atoms with van der Waals surface area (Å²) < 4.78 is 5.77. The predicted molar refractivity (Wildman–Crippen MR) is 89.4 cm³/mol. The molecule has 0 saturated carbocycles. The summed E-state index contributed by atoms with van der Waals surface area (Å²) in [7, 11) is 0. The topological polar surface area (TPSA) is 66.7 Å². The molecule has 1 saturated heterocycles. The third-order valence-electron chi connectivity index (χ3n) is 4.83. The Hall–Kier alpha value is -1.85. The van der Waals surface area contributed by atoms with Gasteiger partial charge in [-0.15, -0.1) is 0 Å². The van der Waals surface area contributed by atoms with Gasteiger partial charge in [0.05, 0.1) is 6.54 Å². The Morgan fingerprint density at radius 1 is 1.25 bits per heavy atom. The Kier molecular flexibility index (Phi) is 5.21. The standard InChI is InChI=1S/C18H27N3O3/c1-13(2)18-19-14-12-21(11-8-15(14)24-18)17(23)7-5-10-20-9-4-3-6-16(20)22/h13H,3-12H2,1-2H3. The van der Waals surface area contributed by atoms with Crippen LogP contribution in [0.3, 0.4) is 0 Å². The maximum atomic E-state index is 12.4. The van der Waals surface area contributed by atoms with Crippen LogP contribution in [0.5, 0.6) is 0 Å². The van der Waals surface area contributed by atoms with Gasteiger partial charge in [-0.05, 0) is 19.3 Å². The van der Waals surface area contributed by atoms with Gasteiger partial charge in [-0.2, -0.15) is 0 Å². The summed E-state index contributed by atoms with van der Waals surface area (Å²) in [6.07, 6.45) is 4.72. The van der Waals surface area contributed by atoms with E-state index in [0.29, 0.717) is 32.5 Å². The van der Waals surface area contributed by atoms with Crippen molar-refractivity contribution in [3.05, 3.63) is 17.3 Å². The molecule has 2 amide bonds. The second-order valence-corrected chi connectivity index (χ2v) is 7.08. The molecule has 6 heteroatoms. The highest BCUT2D eigenvalue weighted by atomic mass is 16.4. The van der Waals surface area contributed by atoms with Gasteiger partial charge in [0.1, 0.15) is 11.5 Å². The van der Waals surface area contributed by atoms with Gasteiger partial charge >= 0.3 is 0 Å². The van der Waals surface area contributed by atoms with E-state index in [0.717, 1.165) is 49.6 Å². The summed E-state index contributed by atoms with van der Waals surface area (Å²) in [5.74, 6) is 2.35. The first-order valence-electron chi connectivity index (χ1n) is 9.08. The van der Waals surface area contributed by atoms with E-state index in [9.17, 15) is 9.59 Å². The van der Waals surface area contributed by atoms with Crippen LogP contribution in [-0.4, -0.2) is 46.2 Å². The molecule has 3 heterocycles. The third-order valence-corrected chi connectivity index (χ3v) is 4.83. The van der Waals surface area contributed by atoms with Gasteiger partial charge in [0.25, 0.3) is 0 Å². The maximum absolute atomic E-state index is 12.4. The van der Waals surface area contributed by atoms with Crippen LogP contribution < -0.4 is 0 Å². The summed E-state index contributed by atoms with van der Waals surface area (Å²) in [5.41, 5.74) is 0.907. The largest absolute Gasteiger partial charge is 0.445 e. The van der Waals surface area contributed by atoms with Gasteiger partial charge in [-0.3, -0.25) is 9.59 Å². The molecular formula is C18H27N3O3. The van der Waals surface area contributed by atoms with E-state index >= 15 is 0 Å². The Balaban J connectivity index is 1.48. The first-order valence-corrected chi connectivity index (χ1v) is 9.08. The number of piperidine rings is 1. The van der Waals surface area contributed by atoms with Crippen molar-refractivity contribution in [2.24, 2.45) is 0 Å². The second kappa shape index (κ2) is 7.36. The van der Waals surface area contributed by atoms with Gasteiger partial charge in [0, 0.05) is 44.8 Å². The zero-order valence-corrected chi connectivity index (χ0v) is 14.7. The molecule has 2 aliphatic rings. The Bertz CT molecular complexity index is 609. The highest BCUT2D eigenvalue weighted by Crippen LogP contribution is 2.24. The molecule has 1 aromatic heterocycles. The molecule has 0 unspecified atom stereocenters. The molecule has 132 valence electrons. The average molecular weight is 333 g/mol. The number of nitrogens with zero attached hydrogens (tertiary/aromatic N) is 3. The lowest BCUT2D eigenvalue weighted by molar-refractivity contribution is -0.135. The van der Waals surface area contributed by atoms with E-state index in [4.69, 9.17) is 4.42 Å². The minimum atomic E-state index is 0.152. The number of amides is 2. The summed E-state index contributed by atoms with van der Waals surface area (Å²) in [5, 5.41) is 0. The number of fused-ring (bicyclic) bond motifs is 1. The number of hydrogen-bond donors (Lipinski definition) is 0. The lowest BCUT2D eigenvalue weighted by Gasteiger charge is -2.28. The fourth-order valence-electron chi connectivity index (χ4n) is 3.36. The highest BCUT2D eigenvalue weighted by molar-refractivity contribution is 5.77. The van der Waals surface area contributed by atoms with E-state index in [-0.39, 0.29) is 17.7 Å². The van der Waals surface area contributed by atoms with E-state index in [2.05, 4.69) is 18.8 Å². The van der Waals surface area contributed by atoms with Crippen molar-refractivity contribution >= 4 is 11.8 Å². The number of oxazole rings is 1. The van der Waals surface area contributed by atoms with Crippen LogP contribution in [0.1, 0.15) is 69.2 Å². The molecule has 2 aliphatic heterocycles. The zero-order valence-electron chi connectivity index (χ0n) is 14.7. The van der Waals surface area contributed by atoms with Gasteiger partial charge in [-0.1, -0.05) is 13.8 Å². The van der Waals surface area contributed by atoms with Crippen LogP contribution in [0.15, 0.2) is 4.42 Å². The first kappa shape index (κ1) is 17.0. The van der Waals surface area contributed by atoms with E-state index < -0.39 is 0 Å². The van der Waals surface area contributed by atoms with E-state index in [1.165, 1.54) is 0 Å². The van der Waals surface area contributed by atoms with E-state index in [1.807, 2.05) is 9.80 Å². The SMILES string of the molecule is CC(C)c1nc2c(o1)CCN(C(=O)CCCN1CCCCC1=O)C2. The van der Waals surface area contributed by atoms with Crippen LogP contribution in [0.4, 0.5) is 0 Å². The monoisotopic (exact) mass is 333 g/mol. The zero-order chi connectivity index (χ0) is 17.1. The van der Waals surface area contributed by atoms with Crippen LogP contribution >= 0.6 is 0 Å². The minimum Gasteiger partial charge on any atom is -0.445 e.